The molecule has 0 atom stereocenters. The molecule has 0 fully saturated rings. The molecule has 0 saturated carbocycles. The van der Waals surface area contributed by atoms with Gasteiger partial charge >= 0.3 is 35.5 Å². The average molecular weight is 210 g/mol. The molecule has 0 unspecified atom stereocenters. The van der Waals surface area contributed by atoms with Crippen LogP contribution in [0.1, 0.15) is 66.1 Å². The Balaban J connectivity index is -0.000000720. The number of aliphatic carboxylic acids is 1. The van der Waals surface area contributed by atoms with Crippen molar-refractivity contribution in [2.75, 3.05) is 0 Å². The van der Waals surface area contributed by atoms with Crippen molar-refractivity contribution < 1.29 is 40.9 Å². The Morgan fingerprint density at radius 3 is 1.86 bits per heavy atom. The number of rotatable bonds is 9. The van der Waals surface area contributed by atoms with Crippen molar-refractivity contribution in [1.29, 1.82) is 0 Å². The van der Waals surface area contributed by atoms with E-state index in [1.54, 1.807) is 0 Å². The van der Waals surface area contributed by atoms with Gasteiger partial charge in [-0.1, -0.05) is 51.9 Å². The molecule has 0 spiro atoms. The molecule has 0 saturated heterocycles. The van der Waals surface area contributed by atoms with E-state index in [0.29, 0.717) is 6.42 Å². The molecule has 0 bridgehead atoms. The first-order valence-corrected chi connectivity index (χ1v) is 5.49. The van der Waals surface area contributed by atoms with Crippen LogP contribution in [-0.4, -0.2) is 11.1 Å². The molecule has 0 rings (SSSR count). The van der Waals surface area contributed by atoms with E-state index in [0.717, 1.165) is 12.8 Å². The zero-order valence-corrected chi connectivity index (χ0v) is 11.7. The predicted octanol–water partition coefficient (Wildman–Crippen LogP) is 0.718. The third kappa shape index (κ3) is 15.0. The average Bonchev–Trinajstić information content (AvgIpc) is 2.09. The topological polar surface area (TPSA) is 37.3 Å². The van der Waals surface area contributed by atoms with Crippen molar-refractivity contribution in [3.05, 3.63) is 0 Å². The van der Waals surface area contributed by atoms with E-state index in [-0.39, 0.29) is 31.0 Å². The number of carboxylic acids is 1. The van der Waals surface area contributed by atoms with Crippen molar-refractivity contribution in [2.45, 2.75) is 64.7 Å². The smallest absolute Gasteiger partial charge is 1.00 e. The molecule has 0 aromatic rings. The van der Waals surface area contributed by atoms with Crippen LogP contribution in [0.2, 0.25) is 0 Å². The first kappa shape index (κ1) is 16.9. The second-order valence-electron chi connectivity index (χ2n) is 3.62. The summed E-state index contributed by atoms with van der Waals surface area (Å²) >= 11 is 0. The fourth-order valence-electron chi connectivity index (χ4n) is 1.41. The molecule has 0 radical (unpaired) electrons. The Kier molecular flexibility index (Phi) is 16.2. The van der Waals surface area contributed by atoms with Crippen LogP contribution in [0.3, 0.4) is 0 Å². The van der Waals surface area contributed by atoms with Gasteiger partial charge in [-0.3, -0.25) is 4.79 Å². The van der Waals surface area contributed by atoms with Gasteiger partial charge in [0.25, 0.3) is 0 Å². The minimum absolute atomic E-state index is 0. The van der Waals surface area contributed by atoms with E-state index >= 15 is 0 Å². The second-order valence-corrected chi connectivity index (χ2v) is 3.62. The molecule has 0 amide bonds. The number of hydrogen-bond acceptors (Lipinski definition) is 1. The molecular formula is C11H23NaO2. The zero-order chi connectivity index (χ0) is 9.94. The van der Waals surface area contributed by atoms with Crippen LogP contribution in [0, 0.1) is 0 Å². The normalized spacial score (nSPS) is 9.50. The Morgan fingerprint density at radius 2 is 1.43 bits per heavy atom. The Bertz CT molecular complexity index is 132. The monoisotopic (exact) mass is 210 g/mol. The molecule has 14 heavy (non-hydrogen) atoms. The molecule has 0 heterocycles. The summed E-state index contributed by atoms with van der Waals surface area (Å²) in [6.45, 7) is 2.22. The van der Waals surface area contributed by atoms with Crippen LogP contribution in [0.5, 0.6) is 0 Å². The van der Waals surface area contributed by atoms with Gasteiger partial charge < -0.3 is 6.53 Å². The Morgan fingerprint density at radius 1 is 1.00 bits per heavy atom. The summed E-state index contributed by atoms with van der Waals surface area (Å²) in [7, 11) is 0. The van der Waals surface area contributed by atoms with Crippen LogP contribution in [0.25, 0.3) is 0 Å². The summed E-state index contributed by atoms with van der Waals surface area (Å²) in [4.78, 5) is 10.2. The number of carboxylic acid groups (broad SMARTS) is 1. The van der Waals surface area contributed by atoms with Gasteiger partial charge in [-0.05, 0) is 6.42 Å². The minimum Gasteiger partial charge on any atom is -1.00 e. The summed E-state index contributed by atoms with van der Waals surface area (Å²) in [6, 6.07) is 0. The molecule has 0 aliphatic carbocycles. The van der Waals surface area contributed by atoms with E-state index < -0.39 is 5.97 Å². The standard InChI is InChI=1S/C11H22O2.Na.H/c1-2-3-4-5-6-7-8-9-10-11(12)13;;/h2-10H2,1H3,(H,12,13);;/q;+1;-1. The molecule has 80 valence electrons. The molecule has 1 N–H and O–H groups in total. The van der Waals surface area contributed by atoms with E-state index in [4.69, 9.17) is 5.11 Å². The van der Waals surface area contributed by atoms with Crippen LogP contribution >= 0.6 is 0 Å². The predicted molar refractivity (Wildman–Crippen MR) is 56.0 cm³/mol. The van der Waals surface area contributed by atoms with Gasteiger partial charge in [0, 0.05) is 6.42 Å². The Labute approximate surface area is 111 Å². The second kappa shape index (κ2) is 13.5. The van der Waals surface area contributed by atoms with Crippen molar-refractivity contribution in [1.82, 2.24) is 0 Å². The number of hydrogen-bond donors (Lipinski definition) is 1. The van der Waals surface area contributed by atoms with Gasteiger partial charge in [0.15, 0.2) is 0 Å². The quantitative estimate of drug-likeness (QED) is 0.450. The summed E-state index contributed by atoms with van der Waals surface area (Å²) < 4.78 is 0. The van der Waals surface area contributed by atoms with E-state index in [1.165, 1.54) is 38.5 Å². The first-order chi connectivity index (χ1) is 6.27. The molecule has 0 aromatic heterocycles. The zero-order valence-electron chi connectivity index (χ0n) is 10.7. The fraction of sp³-hybridized carbons (Fsp3) is 0.909. The van der Waals surface area contributed by atoms with Crippen molar-refractivity contribution in [3.8, 4) is 0 Å². The SMILES string of the molecule is CCCCCCCCCCC(=O)O.[H-].[Na+]. The van der Waals surface area contributed by atoms with Crippen molar-refractivity contribution in [2.24, 2.45) is 0 Å². The summed E-state index contributed by atoms with van der Waals surface area (Å²) in [5, 5.41) is 8.39. The maximum atomic E-state index is 10.2. The van der Waals surface area contributed by atoms with E-state index in [9.17, 15) is 4.79 Å². The maximum absolute atomic E-state index is 10.2. The minimum atomic E-state index is -0.661. The van der Waals surface area contributed by atoms with Gasteiger partial charge in [-0.25, -0.2) is 0 Å². The molecular weight excluding hydrogens is 187 g/mol. The summed E-state index contributed by atoms with van der Waals surface area (Å²) in [6.07, 6.45) is 10.1. The first-order valence-electron chi connectivity index (χ1n) is 5.49. The number of unbranched alkanes of at least 4 members (excludes halogenated alkanes) is 7. The van der Waals surface area contributed by atoms with Gasteiger partial charge in [0.05, 0.1) is 0 Å². The van der Waals surface area contributed by atoms with Crippen molar-refractivity contribution in [3.63, 3.8) is 0 Å². The largest absolute Gasteiger partial charge is 1.00 e. The Hall–Kier alpha value is 0.470. The molecule has 0 aliphatic rings. The van der Waals surface area contributed by atoms with E-state index in [1.807, 2.05) is 0 Å². The van der Waals surface area contributed by atoms with Gasteiger partial charge in [-0.2, -0.15) is 0 Å². The van der Waals surface area contributed by atoms with Crippen LogP contribution in [0.4, 0.5) is 0 Å². The van der Waals surface area contributed by atoms with Gasteiger partial charge in [-0.15, -0.1) is 0 Å². The van der Waals surface area contributed by atoms with Crippen LogP contribution < -0.4 is 29.6 Å². The third-order valence-corrected chi connectivity index (χ3v) is 2.24. The van der Waals surface area contributed by atoms with Gasteiger partial charge in [0.1, 0.15) is 0 Å². The van der Waals surface area contributed by atoms with Crippen LogP contribution in [-0.2, 0) is 4.79 Å². The summed E-state index contributed by atoms with van der Waals surface area (Å²) in [5.74, 6) is -0.661. The fourth-order valence-corrected chi connectivity index (χ4v) is 1.41. The van der Waals surface area contributed by atoms with Crippen LogP contribution in [0.15, 0.2) is 0 Å². The van der Waals surface area contributed by atoms with Crippen molar-refractivity contribution >= 4 is 5.97 Å². The molecule has 3 heteroatoms. The third-order valence-electron chi connectivity index (χ3n) is 2.24. The van der Waals surface area contributed by atoms with E-state index in [2.05, 4.69) is 6.92 Å². The summed E-state index contributed by atoms with van der Waals surface area (Å²) in [5.41, 5.74) is 0. The maximum Gasteiger partial charge on any atom is 1.00 e. The molecule has 0 aromatic carbocycles. The van der Waals surface area contributed by atoms with Gasteiger partial charge in [0.2, 0.25) is 0 Å². The molecule has 0 aliphatic heterocycles. The molecule has 2 nitrogen and oxygen atoms in total. The number of carbonyl (C=O) groups is 1.